The summed E-state index contributed by atoms with van der Waals surface area (Å²) in [5, 5.41) is 7.20. The maximum atomic E-state index is 12.3. The van der Waals surface area contributed by atoms with Gasteiger partial charge in [-0.25, -0.2) is 0 Å². The van der Waals surface area contributed by atoms with Crippen LogP contribution in [-0.4, -0.2) is 15.7 Å². The second kappa shape index (κ2) is 5.79. The summed E-state index contributed by atoms with van der Waals surface area (Å²) >= 11 is 3.41. The van der Waals surface area contributed by atoms with Crippen molar-refractivity contribution in [2.24, 2.45) is 7.05 Å². The van der Waals surface area contributed by atoms with E-state index in [1.165, 1.54) is 5.56 Å². The lowest BCUT2D eigenvalue weighted by atomic mass is 10.1. The van der Waals surface area contributed by atoms with Gasteiger partial charge in [-0.05, 0) is 42.3 Å². The van der Waals surface area contributed by atoms with Crippen LogP contribution in [0.15, 0.2) is 28.7 Å². The summed E-state index contributed by atoms with van der Waals surface area (Å²) in [6.45, 7) is 5.92. The van der Waals surface area contributed by atoms with Crippen LogP contribution < -0.4 is 5.32 Å². The Morgan fingerprint density at radius 1 is 1.30 bits per heavy atom. The Labute approximate surface area is 127 Å². The Balaban J connectivity index is 2.15. The lowest BCUT2D eigenvalue weighted by Crippen LogP contribution is -2.27. The fraction of sp³-hybridized carbons (Fsp3) is 0.333. The molecule has 2 rings (SSSR count). The third kappa shape index (κ3) is 2.93. The van der Waals surface area contributed by atoms with E-state index in [9.17, 15) is 4.79 Å². The first-order valence-electron chi connectivity index (χ1n) is 6.46. The van der Waals surface area contributed by atoms with E-state index < -0.39 is 0 Å². The Morgan fingerprint density at radius 2 is 1.90 bits per heavy atom. The number of nitrogens with one attached hydrogen (secondary N) is 1. The summed E-state index contributed by atoms with van der Waals surface area (Å²) in [4.78, 5) is 12.3. The molecule has 20 heavy (non-hydrogen) atoms. The summed E-state index contributed by atoms with van der Waals surface area (Å²) in [6.07, 6.45) is 0. The third-order valence-electron chi connectivity index (χ3n) is 3.40. The zero-order valence-corrected chi connectivity index (χ0v) is 13.7. The van der Waals surface area contributed by atoms with Crippen molar-refractivity contribution in [1.82, 2.24) is 15.1 Å². The van der Waals surface area contributed by atoms with Crippen molar-refractivity contribution in [3.8, 4) is 0 Å². The highest BCUT2D eigenvalue weighted by Gasteiger charge is 2.19. The molecule has 0 radical (unpaired) electrons. The molecule has 106 valence electrons. The van der Waals surface area contributed by atoms with Crippen LogP contribution in [0, 0.1) is 13.8 Å². The summed E-state index contributed by atoms with van der Waals surface area (Å²) in [5.74, 6) is -0.173. The van der Waals surface area contributed by atoms with E-state index in [4.69, 9.17) is 0 Å². The predicted octanol–water partition coefficient (Wildman–Crippen LogP) is 3.29. The van der Waals surface area contributed by atoms with Crippen LogP contribution in [0.5, 0.6) is 0 Å². The van der Waals surface area contributed by atoms with Gasteiger partial charge in [0.15, 0.2) is 5.69 Å². The van der Waals surface area contributed by atoms with Crippen molar-refractivity contribution in [1.29, 1.82) is 0 Å². The summed E-state index contributed by atoms with van der Waals surface area (Å²) in [7, 11) is 1.82. The molecule has 5 heteroatoms. The molecule has 4 nitrogen and oxygen atoms in total. The first-order valence-corrected chi connectivity index (χ1v) is 7.26. The Bertz CT molecular complexity index is 631. The van der Waals surface area contributed by atoms with Gasteiger partial charge in [0.05, 0.1) is 16.2 Å². The van der Waals surface area contributed by atoms with Crippen molar-refractivity contribution in [2.75, 3.05) is 0 Å². The van der Waals surface area contributed by atoms with E-state index in [1.807, 2.05) is 52.1 Å². The fourth-order valence-corrected chi connectivity index (χ4v) is 2.45. The molecular weight excluding hydrogens is 318 g/mol. The lowest BCUT2D eigenvalue weighted by molar-refractivity contribution is 0.0933. The number of benzene rings is 1. The van der Waals surface area contributed by atoms with Gasteiger partial charge in [-0.1, -0.05) is 29.8 Å². The lowest BCUT2D eigenvalue weighted by Gasteiger charge is -2.13. The maximum Gasteiger partial charge on any atom is 0.273 e. The molecule has 0 unspecified atom stereocenters. The van der Waals surface area contributed by atoms with Gasteiger partial charge in [-0.2, -0.15) is 5.10 Å². The number of hydrogen-bond acceptors (Lipinski definition) is 2. The molecule has 1 aromatic carbocycles. The number of aryl methyl sites for hydroxylation is 2. The first kappa shape index (κ1) is 14.8. The zero-order valence-electron chi connectivity index (χ0n) is 12.1. The van der Waals surface area contributed by atoms with Gasteiger partial charge in [0.1, 0.15) is 0 Å². The average Bonchev–Trinajstić information content (AvgIpc) is 2.67. The molecule has 2 aromatic rings. The van der Waals surface area contributed by atoms with Crippen LogP contribution >= 0.6 is 15.9 Å². The van der Waals surface area contributed by atoms with E-state index in [-0.39, 0.29) is 11.9 Å². The van der Waals surface area contributed by atoms with Crippen molar-refractivity contribution in [2.45, 2.75) is 26.8 Å². The number of amides is 1. The predicted molar refractivity (Wildman–Crippen MR) is 82.7 cm³/mol. The standard InChI is InChI=1S/C15H18BrN3O/c1-9-5-7-12(8-6-9)10(2)17-15(20)14-13(16)11(3)19(4)18-14/h5-8,10H,1-4H3,(H,17,20)/t10-/m0/s1. The molecule has 0 spiro atoms. The number of halogens is 1. The molecule has 0 aliphatic carbocycles. The molecule has 1 atom stereocenters. The highest BCUT2D eigenvalue weighted by Crippen LogP contribution is 2.21. The molecule has 0 saturated carbocycles. The number of carbonyl (C=O) groups is 1. The summed E-state index contributed by atoms with van der Waals surface area (Å²) in [5.41, 5.74) is 3.63. The number of hydrogen-bond donors (Lipinski definition) is 1. The van der Waals surface area contributed by atoms with Crippen molar-refractivity contribution in [3.63, 3.8) is 0 Å². The van der Waals surface area contributed by atoms with Crippen LogP contribution in [0.1, 0.15) is 40.3 Å². The molecule has 1 aromatic heterocycles. The van der Waals surface area contributed by atoms with E-state index in [1.54, 1.807) is 4.68 Å². The topological polar surface area (TPSA) is 46.9 Å². The minimum Gasteiger partial charge on any atom is -0.344 e. The number of rotatable bonds is 3. The van der Waals surface area contributed by atoms with Crippen molar-refractivity contribution in [3.05, 3.63) is 51.3 Å². The molecule has 0 aliphatic rings. The Kier molecular flexibility index (Phi) is 4.28. The average molecular weight is 336 g/mol. The van der Waals surface area contributed by atoms with Gasteiger partial charge < -0.3 is 5.32 Å². The van der Waals surface area contributed by atoms with E-state index in [0.29, 0.717) is 5.69 Å². The van der Waals surface area contributed by atoms with Gasteiger partial charge >= 0.3 is 0 Å². The van der Waals surface area contributed by atoms with Gasteiger partial charge in [-0.15, -0.1) is 0 Å². The van der Waals surface area contributed by atoms with Gasteiger partial charge in [0.2, 0.25) is 0 Å². The maximum absolute atomic E-state index is 12.3. The zero-order chi connectivity index (χ0) is 14.9. The van der Waals surface area contributed by atoms with Crippen LogP contribution in [-0.2, 0) is 7.05 Å². The molecule has 0 bridgehead atoms. The van der Waals surface area contributed by atoms with Gasteiger partial charge in [-0.3, -0.25) is 9.48 Å². The fourth-order valence-electron chi connectivity index (χ4n) is 1.93. The van der Waals surface area contributed by atoms with Crippen LogP contribution in [0.3, 0.4) is 0 Å². The van der Waals surface area contributed by atoms with E-state index in [2.05, 4.69) is 26.3 Å². The first-order chi connectivity index (χ1) is 9.40. The highest BCUT2D eigenvalue weighted by atomic mass is 79.9. The number of aromatic nitrogens is 2. The van der Waals surface area contributed by atoms with Crippen LogP contribution in [0.25, 0.3) is 0 Å². The summed E-state index contributed by atoms with van der Waals surface area (Å²) in [6, 6.07) is 8.08. The molecule has 1 amide bonds. The smallest absolute Gasteiger partial charge is 0.273 e. The minimum atomic E-state index is -0.173. The Morgan fingerprint density at radius 3 is 2.40 bits per heavy atom. The molecule has 0 saturated heterocycles. The largest absolute Gasteiger partial charge is 0.344 e. The normalized spacial score (nSPS) is 12.2. The quantitative estimate of drug-likeness (QED) is 0.935. The van der Waals surface area contributed by atoms with E-state index >= 15 is 0 Å². The Hall–Kier alpha value is -1.62. The molecule has 0 aliphatic heterocycles. The van der Waals surface area contributed by atoms with Gasteiger partial charge in [0.25, 0.3) is 5.91 Å². The summed E-state index contributed by atoms with van der Waals surface area (Å²) < 4.78 is 2.43. The third-order valence-corrected chi connectivity index (χ3v) is 4.35. The minimum absolute atomic E-state index is 0.0580. The highest BCUT2D eigenvalue weighted by molar-refractivity contribution is 9.10. The van der Waals surface area contributed by atoms with E-state index in [0.717, 1.165) is 15.7 Å². The van der Waals surface area contributed by atoms with Gasteiger partial charge in [0, 0.05) is 7.05 Å². The van der Waals surface area contributed by atoms with Crippen molar-refractivity contribution >= 4 is 21.8 Å². The number of carbonyl (C=O) groups excluding carboxylic acids is 1. The van der Waals surface area contributed by atoms with Crippen LogP contribution in [0.4, 0.5) is 0 Å². The molecular formula is C15H18BrN3O. The molecule has 1 N–H and O–H groups in total. The van der Waals surface area contributed by atoms with Crippen LogP contribution in [0.2, 0.25) is 0 Å². The molecule has 0 fully saturated rings. The second-order valence-corrected chi connectivity index (χ2v) is 5.77. The second-order valence-electron chi connectivity index (χ2n) is 4.98. The molecule has 1 heterocycles. The number of nitrogens with zero attached hydrogens (tertiary/aromatic N) is 2. The van der Waals surface area contributed by atoms with Crippen molar-refractivity contribution < 1.29 is 4.79 Å². The monoisotopic (exact) mass is 335 g/mol. The SMILES string of the molecule is Cc1ccc([C@H](C)NC(=O)c2nn(C)c(C)c2Br)cc1.